The van der Waals surface area contributed by atoms with Crippen molar-refractivity contribution in [2.45, 2.75) is 25.0 Å². The summed E-state index contributed by atoms with van der Waals surface area (Å²) >= 11 is 1.03. The van der Waals surface area contributed by atoms with Gasteiger partial charge in [0.2, 0.25) is 0 Å². The monoisotopic (exact) mass is 312 g/mol. The van der Waals surface area contributed by atoms with Crippen molar-refractivity contribution in [1.29, 1.82) is 0 Å². The molecule has 1 aromatic carbocycles. The van der Waals surface area contributed by atoms with Gasteiger partial charge in [-0.25, -0.2) is 13.8 Å². The van der Waals surface area contributed by atoms with Crippen molar-refractivity contribution in [3.63, 3.8) is 0 Å². The Morgan fingerprint density at radius 2 is 2.24 bits per heavy atom. The number of carbonyl (C=O) groups is 1. The van der Waals surface area contributed by atoms with E-state index in [-0.39, 0.29) is 11.3 Å². The maximum atomic E-state index is 13.8. The van der Waals surface area contributed by atoms with Crippen molar-refractivity contribution < 1.29 is 18.7 Å². The van der Waals surface area contributed by atoms with E-state index in [1.807, 2.05) is 0 Å². The summed E-state index contributed by atoms with van der Waals surface area (Å²) in [5.74, 6) is -1.46. The first-order valence-corrected chi connectivity index (χ1v) is 7.64. The van der Waals surface area contributed by atoms with E-state index in [1.165, 1.54) is 6.07 Å². The van der Waals surface area contributed by atoms with Crippen LogP contribution in [0, 0.1) is 23.5 Å². The number of thioether (sulfide) groups is 1. The highest BCUT2D eigenvalue weighted by molar-refractivity contribution is 7.99. The molecule has 1 N–H and O–H groups in total. The van der Waals surface area contributed by atoms with Crippen LogP contribution in [0.4, 0.5) is 8.78 Å². The summed E-state index contributed by atoms with van der Waals surface area (Å²) in [5.41, 5.74) is 0.483. The number of imidazole rings is 1. The molecule has 1 heterocycles. The second-order valence-electron chi connectivity index (χ2n) is 5.42. The van der Waals surface area contributed by atoms with Crippen LogP contribution in [0.5, 0.6) is 0 Å². The Labute approximate surface area is 124 Å². The Morgan fingerprint density at radius 1 is 1.52 bits per heavy atom. The highest BCUT2D eigenvalue weighted by Gasteiger charge is 2.34. The lowest BCUT2D eigenvalue weighted by Gasteiger charge is -2.07. The Hall–Kier alpha value is -1.63. The molecule has 1 aromatic heterocycles. The van der Waals surface area contributed by atoms with Crippen LogP contribution in [-0.2, 0) is 11.3 Å². The van der Waals surface area contributed by atoms with E-state index in [0.717, 1.165) is 24.2 Å². The molecule has 0 saturated heterocycles. The molecule has 1 saturated carbocycles. The maximum absolute atomic E-state index is 13.8. The number of aliphatic carboxylic acids is 1. The minimum absolute atomic E-state index is 0.0950. The van der Waals surface area contributed by atoms with Crippen molar-refractivity contribution in [1.82, 2.24) is 9.55 Å². The number of benzene rings is 1. The molecule has 0 radical (unpaired) electrons. The van der Waals surface area contributed by atoms with E-state index in [1.54, 1.807) is 4.57 Å². The molecule has 2 aromatic rings. The second kappa shape index (κ2) is 5.29. The normalized spacial score (nSPS) is 20.9. The third-order valence-corrected chi connectivity index (χ3v) is 4.72. The lowest BCUT2D eigenvalue weighted by Crippen LogP contribution is -2.05. The van der Waals surface area contributed by atoms with Crippen LogP contribution in [0.25, 0.3) is 11.0 Å². The van der Waals surface area contributed by atoms with Gasteiger partial charge in [-0.1, -0.05) is 18.7 Å². The first-order chi connectivity index (χ1) is 9.95. The first kappa shape index (κ1) is 14.3. The molecule has 7 heteroatoms. The van der Waals surface area contributed by atoms with Crippen LogP contribution in [0.15, 0.2) is 17.3 Å². The summed E-state index contributed by atoms with van der Waals surface area (Å²) in [4.78, 5) is 14.9. The van der Waals surface area contributed by atoms with Crippen LogP contribution >= 0.6 is 11.8 Å². The van der Waals surface area contributed by atoms with E-state index in [2.05, 4.69) is 11.9 Å². The molecular weight excluding hydrogens is 298 g/mol. The lowest BCUT2D eigenvalue weighted by atomic mass is 10.2. The molecule has 1 aliphatic carbocycles. The molecule has 1 aliphatic rings. The maximum Gasteiger partial charge on any atom is 0.313 e. The number of carboxylic acids is 1. The van der Waals surface area contributed by atoms with Crippen LogP contribution in [0.3, 0.4) is 0 Å². The average molecular weight is 312 g/mol. The summed E-state index contributed by atoms with van der Waals surface area (Å²) in [6, 6.07) is 2.05. The Bertz CT molecular complexity index is 717. The Morgan fingerprint density at radius 3 is 2.86 bits per heavy atom. The van der Waals surface area contributed by atoms with Gasteiger partial charge in [-0.15, -0.1) is 0 Å². The van der Waals surface area contributed by atoms with Crippen LogP contribution in [0.1, 0.15) is 13.3 Å². The fourth-order valence-electron chi connectivity index (χ4n) is 2.43. The van der Waals surface area contributed by atoms with Crippen LogP contribution in [-0.4, -0.2) is 26.4 Å². The standard InChI is InChI=1S/C14H14F2N2O2S/c1-7-2-8(7)5-18-11-4-9(15)3-10(16)13(11)17-14(18)21-6-12(19)20/h3-4,7-8H,2,5-6H2,1H3,(H,19,20). The van der Waals surface area contributed by atoms with Gasteiger partial charge in [-0.05, 0) is 18.3 Å². The topological polar surface area (TPSA) is 55.1 Å². The number of hydrogen-bond donors (Lipinski definition) is 1. The Balaban J connectivity index is 2.04. The highest BCUT2D eigenvalue weighted by atomic mass is 32.2. The van der Waals surface area contributed by atoms with Gasteiger partial charge in [0.05, 0.1) is 11.3 Å². The zero-order valence-electron chi connectivity index (χ0n) is 11.3. The fraction of sp³-hybridized carbons (Fsp3) is 0.429. The van der Waals surface area contributed by atoms with Crippen molar-refractivity contribution in [3.05, 3.63) is 23.8 Å². The smallest absolute Gasteiger partial charge is 0.313 e. The number of hydrogen-bond acceptors (Lipinski definition) is 3. The van der Waals surface area contributed by atoms with Gasteiger partial charge in [0.15, 0.2) is 11.0 Å². The van der Waals surface area contributed by atoms with Gasteiger partial charge in [0, 0.05) is 18.7 Å². The number of halogens is 2. The van der Waals surface area contributed by atoms with E-state index < -0.39 is 17.6 Å². The molecule has 3 rings (SSSR count). The van der Waals surface area contributed by atoms with Gasteiger partial charge < -0.3 is 9.67 Å². The van der Waals surface area contributed by atoms with Gasteiger partial charge in [-0.3, -0.25) is 4.79 Å². The van der Waals surface area contributed by atoms with Crippen molar-refractivity contribution in [3.8, 4) is 0 Å². The summed E-state index contributed by atoms with van der Waals surface area (Å²) in [6.45, 7) is 2.73. The number of carboxylic acid groups (broad SMARTS) is 1. The summed E-state index contributed by atoms with van der Waals surface area (Å²) in [5, 5.41) is 9.21. The second-order valence-corrected chi connectivity index (χ2v) is 6.36. The largest absolute Gasteiger partial charge is 0.481 e. The fourth-order valence-corrected chi connectivity index (χ4v) is 3.17. The van der Waals surface area contributed by atoms with Crippen molar-refractivity contribution in [2.24, 2.45) is 11.8 Å². The van der Waals surface area contributed by atoms with E-state index in [0.29, 0.717) is 29.1 Å². The van der Waals surface area contributed by atoms with E-state index >= 15 is 0 Å². The Kier molecular flexibility index (Phi) is 3.61. The molecule has 1 fully saturated rings. The molecular formula is C14H14F2N2O2S. The van der Waals surface area contributed by atoms with Gasteiger partial charge in [0.25, 0.3) is 0 Å². The average Bonchev–Trinajstić information content (AvgIpc) is 2.97. The van der Waals surface area contributed by atoms with Gasteiger partial charge in [0.1, 0.15) is 11.3 Å². The quantitative estimate of drug-likeness (QED) is 0.862. The number of rotatable bonds is 5. The minimum atomic E-state index is -0.968. The minimum Gasteiger partial charge on any atom is -0.481 e. The number of aromatic nitrogens is 2. The van der Waals surface area contributed by atoms with Crippen LogP contribution < -0.4 is 0 Å². The number of nitrogens with zero attached hydrogens (tertiary/aromatic N) is 2. The molecule has 0 amide bonds. The molecule has 2 unspecified atom stereocenters. The number of fused-ring (bicyclic) bond motifs is 1. The summed E-state index contributed by atoms with van der Waals surface area (Å²) in [6.07, 6.45) is 1.07. The van der Waals surface area contributed by atoms with Gasteiger partial charge in [-0.2, -0.15) is 0 Å². The van der Waals surface area contributed by atoms with Crippen molar-refractivity contribution >= 4 is 28.8 Å². The van der Waals surface area contributed by atoms with Crippen molar-refractivity contribution in [2.75, 3.05) is 5.75 Å². The zero-order valence-corrected chi connectivity index (χ0v) is 12.2. The third-order valence-electron chi connectivity index (χ3n) is 3.76. The molecule has 0 aliphatic heterocycles. The molecule has 0 spiro atoms. The lowest BCUT2D eigenvalue weighted by molar-refractivity contribution is -0.133. The SMILES string of the molecule is CC1CC1Cn1c(SCC(=O)O)nc2c(F)cc(F)cc21. The third kappa shape index (κ3) is 2.88. The van der Waals surface area contributed by atoms with E-state index in [9.17, 15) is 13.6 Å². The molecule has 112 valence electrons. The molecule has 21 heavy (non-hydrogen) atoms. The molecule has 4 nitrogen and oxygen atoms in total. The summed E-state index contributed by atoms with van der Waals surface area (Å²) < 4.78 is 29.0. The zero-order chi connectivity index (χ0) is 15.1. The predicted molar refractivity (Wildman–Crippen MR) is 75.3 cm³/mol. The predicted octanol–water partition coefficient (Wildman–Crippen LogP) is 3.15. The van der Waals surface area contributed by atoms with E-state index in [4.69, 9.17) is 5.11 Å². The van der Waals surface area contributed by atoms with Gasteiger partial charge >= 0.3 is 5.97 Å². The molecule has 2 atom stereocenters. The molecule has 0 bridgehead atoms. The van der Waals surface area contributed by atoms with Crippen LogP contribution in [0.2, 0.25) is 0 Å². The highest BCUT2D eigenvalue weighted by Crippen LogP contribution is 2.40. The summed E-state index contributed by atoms with van der Waals surface area (Å²) in [7, 11) is 0. The first-order valence-electron chi connectivity index (χ1n) is 6.65.